The average Bonchev–Trinajstić information content (AvgIpc) is 2.99. The van der Waals surface area contributed by atoms with Crippen LogP contribution in [-0.2, 0) is 4.74 Å². The van der Waals surface area contributed by atoms with E-state index in [1.54, 1.807) is 0 Å². The van der Waals surface area contributed by atoms with Crippen molar-refractivity contribution in [1.29, 1.82) is 0 Å². The number of hydrogen-bond donors (Lipinski definition) is 1. The maximum Gasteiger partial charge on any atom is 0.0594 e. The molecule has 1 aliphatic heterocycles. The third-order valence-electron chi connectivity index (χ3n) is 4.15. The summed E-state index contributed by atoms with van der Waals surface area (Å²) in [7, 11) is 0. The van der Waals surface area contributed by atoms with E-state index in [9.17, 15) is 0 Å². The Morgan fingerprint density at radius 2 is 2.05 bits per heavy atom. The first-order valence-electron chi connectivity index (χ1n) is 7.70. The van der Waals surface area contributed by atoms with Crippen molar-refractivity contribution in [2.24, 2.45) is 0 Å². The van der Waals surface area contributed by atoms with Gasteiger partial charge in [0.15, 0.2) is 0 Å². The quantitative estimate of drug-likeness (QED) is 0.884. The third-order valence-corrected chi connectivity index (χ3v) is 4.15. The van der Waals surface area contributed by atoms with Crippen LogP contribution in [0, 0.1) is 0 Å². The normalized spacial score (nSPS) is 20.4. The number of fused-ring (bicyclic) bond motifs is 1. The highest BCUT2D eigenvalue weighted by atomic mass is 16.5. The molecule has 0 radical (unpaired) electrons. The fraction of sp³-hybridized carbons (Fsp3) is 0.444. The fourth-order valence-electron chi connectivity index (χ4n) is 3.10. The zero-order chi connectivity index (χ0) is 13.8. The van der Waals surface area contributed by atoms with Gasteiger partial charge < -0.3 is 10.1 Å². The lowest BCUT2D eigenvalue weighted by Gasteiger charge is -2.22. The molecule has 0 amide bonds. The summed E-state index contributed by atoms with van der Waals surface area (Å²) in [4.78, 5) is 0. The van der Waals surface area contributed by atoms with Gasteiger partial charge in [0.1, 0.15) is 0 Å². The monoisotopic (exact) mass is 269 g/mol. The van der Waals surface area contributed by atoms with Crippen LogP contribution in [0.1, 0.15) is 37.8 Å². The molecular weight excluding hydrogens is 246 g/mol. The van der Waals surface area contributed by atoms with Crippen LogP contribution < -0.4 is 5.32 Å². The van der Waals surface area contributed by atoms with E-state index in [0.717, 1.165) is 19.6 Å². The van der Waals surface area contributed by atoms with Gasteiger partial charge >= 0.3 is 0 Å². The molecule has 1 aliphatic rings. The molecule has 0 aliphatic carbocycles. The number of ether oxygens (including phenoxy) is 1. The first-order chi connectivity index (χ1) is 9.86. The molecule has 0 aromatic heterocycles. The standard InChI is InChI=1S/C18H23NO/c1-2-19-18(13-17-8-5-11-20-17)16-10-9-14-6-3-4-7-15(14)12-16/h3-4,6-7,9-10,12,17-19H,2,5,8,11,13H2,1H3. The van der Waals surface area contributed by atoms with Crippen molar-refractivity contribution >= 4 is 10.8 Å². The minimum absolute atomic E-state index is 0.396. The third kappa shape index (κ3) is 3.02. The summed E-state index contributed by atoms with van der Waals surface area (Å²) in [5.74, 6) is 0. The lowest BCUT2D eigenvalue weighted by molar-refractivity contribution is 0.0948. The van der Waals surface area contributed by atoms with Gasteiger partial charge in [0.25, 0.3) is 0 Å². The van der Waals surface area contributed by atoms with Crippen molar-refractivity contribution in [2.45, 2.75) is 38.3 Å². The van der Waals surface area contributed by atoms with Gasteiger partial charge in [0, 0.05) is 12.6 Å². The molecular formula is C18H23NO. The van der Waals surface area contributed by atoms with Crippen molar-refractivity contribution < 1.29 is 4.74 Å². The second-order valence-electron chi connectivity index (χ2n) is 5.59. The Bertz CT molecular complexity index is 560. The predicted octanol–water partition coefficient (Wildman–Crippen LogP) is 4.06. The van der Waals surface area contributed by atoms with Gasteiger partial charge in [0.05, 0.1) is 6.10 Å². The molecule has 2 aromatic carbocycles. The van der Waals surface area contributed by atoms with Crippen LogP contribution in [0.25, 0.3) is 10.8 Å². The van der Waals surface area contributed by atoms with Crippen LogP contribution in [0.4, 0.5) is 0 Å². The van der Waals surface area contributed by atoms with E-state index in [4.69, 9.17) is 4.74 Å². The van der Waals surface area contributed by atoms with E-state index in [1.807, 2.05) is 0 Å². The van der Waals surface area contributed by atoms with E-state index in [0.29, 0.717) is 12.1 Å². The highest BCUT2D eigenvalue weighted by Crippen LogP contribution is 2.27. The van der Waals surface area contributed by atoms with Gasteiger partial charge in [-0.05, 0) is 48.2 Å². The van der Waals surface area contributed by atoms with E-state index in [2.05, 4.69) is 54.7 Å². The Labute approximate surface area is 121 Å². The Morgan fingerprint density at radius 1 is 1.20 bits per heavy atom. The summed E-state index contributed by atoms with van der Waals surface area (Å²) in [6, 6.07) is 15.7. The highest BCUT2D eigenvalue weighted by Gasteiger charge is 2.21. The van der Waals surface area contributed by atoms with Crippen molar-refractivity contribution in [3.63, 3.8) is 0 Å². The van der Waals surface area contributed by atoms with Crippen LogP contribution in [0.15, 0.2) is 42.5 Å². The molecule has 0 bridgehead atoms. The molecule has 1 saturated heterocycles. The van der Waals surface area contributed by atoms with Crippen LogP contribution in [0.5, 0.6) is 0 Å². The number of benzene rings is 2. The van der Waals surface area contributed by atoms with Crippen LogP contribution in [-0.4, -0.2) is 19.3 Å². The number of hydrogen-bond acceptors (Lipinski definition) is 2. The summed E-state index contributed by atoms with van der Waals surface area (Å²) < 4.78 is 5.80. The second kappa shape index (κ2) is 6.38. The molecule has 2 heteroatoms. The zero-order valence-corrected chi connectivity index (χ0v) is 12.1. The summed E-state index contributed by atoms with van der Waals surface area (Å²) in [5, 5.41) is 6.24. The van der Waals surface area contributed by atoms with Gasteiger partial charge in [-0.25, -0.2) is 0 Å². The lowest BCUT2D eigenvalue weighted by atomic mass is 9.96. The molecule has 0 spiro atoms. The molecule has 2 atom stereocenters. The number of rotatable bonds is 5. The molecule has 2 unspecified atom stereocenters. The van der Waals surface area contributed by atoms with Gasteiger partial charge in [-0.15, -0.1) is 0 Å². The zero-order valence-electron chi connectivity index (χ0n) is 12.1. The minimum atomic E-state index is 0.396. The van der Waals surface area contributed by atoms with E-state index in [1.165, 1.54) is 29.2 Å². The van der Waals surface area contributed by atoms with E-state index in [-0.39, 0.29) is 0 Å². The molecule has 1 N–H and O–H groups in total. The van der Waals surface area contributed by atoms with E-state index >= 15 is 0 Å². The Hall–Kier alpha value is -1.38. The summed E-state index contributed by atoms with van der Waals surface area (Å²) in [5.41, 5.74) is 1.38. The molecule has 2 aromatic rings. The average molecular weight is 269 g/mol. The molecule has 0 saturated carbocycles. The Kier molecular flexibility index (Phi) is 4.34. The van der Waals surface area contributed by atoms with Gasteiger partial charge in [-0.2, -0.15) is 0 Å². The van der Waals surface area contributed by atoms with E-state index < -0.39 is 0 Å². The predicted molar refractivity (Wildman–Crippen MR) is 84.0 cm³/mol. The molecule has 2 nitrogen and oxygen atoms in total. The minimum Gasteiger partial charge on any atom is -0.378 e. The second-order valence-corrected chi connectivity index (χ2v) is 5.59. The largest absolute Gasteiger partial charge is 0.378 e. The van der Waals surface area contributed by atoms with Gasteiger partial charge in [-0.1, -0.05) is 43.3 Å². The maximum atomic E-state index is 5.80. The molecule has 1 heterocycles. The Morgan fingerprint density at radius 3 is 2.80 bits per heavy atom. The maximum absolute atomic E-state index is 5.80. The number of nitrogens with one attached hydrogen (secondary N) is 1. The summed E-state index contributed by atoms with van der Waals surface area (Å²) in [6.07, 6.45) is 3.91. The van der Waals surface area contributed by atoms with Gasteiger partial charge in [-0.3, -0.25) is 0 Å². The van der Waals surface area contributed by atoms with Crippen molar-refractivity contribution in [2.75, 3.05) is 13.2 Å². The Balaban J connectivity index is 1.83. The molecule has 1 fully saturated rings. The van der Waals surface area contributed by atoms with Gasteiger partial charge in [0.2, 0.25) is 0 Å². The topological polar surface area (TPSA) is 21.3 Å². The molecule has 3 rings (SSSR count). The summed E-state index contributed by atoms with van der Waals surface area (Å²) in [6.45, 7) is 4.09. The summed E-state index contributed by atoms with van der Waals surface area (Å²) >= 11 is 0. The van der Waals surface area contributed by atoms with Crippen LogP contribution >= 0.6 is 0 Å². The van der Waals surface area contributed by atoms with Crippen molar-refractivity contribution in [3.05, 3.63) is 48.0 Å². The van der Waals surface area contributed by atoms with Crippen LogP contribution in [0.3, 0.4) is 0 Å². The highest BCUT2D eigenvalue weighted by molar-refractivity contribution is 5.83. The van der Waals surface area contributed by atoms with Crippen molar-refractivity contribution in [3.8, 4) is 0 Å². The molecule has 106 valence electrons. The van der Waals surface area contributed by atoms with Crippen LogP contribution in [0.2, 0.25) is 0 Å². The fourth-order valence-corrected chi connectivity index (χ4v) is 3.10. The van der Waals surface area contributed by atoms with Crippen molar-refractivity contribution in [1.82, 2.24) is 5.32 Å². The smallest absolute Gasteiger partial charge is 0.0594 e. The SMILES string of the molecule is CCNC(CC1CCCO1)c1ccc2ccccc2c1. The first kappa shape index (κ1) is 13.6. The first-order valence-corrected chi connectivity index (χ1v) is 7.70. The lowest BCUT2D eigenvalue weighted by Crippen LogP contribution is -2.25. The molecule has 20 heavy (non-hydrogen) atoms.